The van der Waals surface area contributed by atoms with E-state index in [1.54, 1.807) is 6.26 Å². The molecule has 2 N–H and O–H groups in total. The number of furan rings is 1. The predicted octanol–water partition coefficient (Wildman–Crippen LogP) is 1.49. The van der Waals surface area contributed by atoms with Crippen molar-refractivity contribution in [3.63, 3.8) is 0 Å². The number of aliphatic hydroxyl groups excluding tert-OH is 1. The highest BCUT2D eigenvalue weighted by Gasteiger charge is 2.16. The molecule has 1 aliphatic rings. The van der Waals surface area contributed by atoms with Gasteiger partial charge in [-0.1, -0.05) is 0 Å². The normalized spacial score (nSPS) is 22.5. The van der Waals surface area contributed by atoms with E-state index < -0.39 is 6.10 Å². The van der Waals surface area contributed by atoms with E-state index in [4.69, 9.17) is 13.9 Å². The summed E-state index contributed by atoms with van der Waals surface area (Å²) in [6, 6.07) is 3.86. The summed E-state index contributed by atoms with van der Waals surface area (Å²) in [6.45, 7) is 4.22. The van der Waals surface area contributed by atoms with E-state index in [0.717, 1.165) is 25.2 Å². The van der Waals surface area contributed by atoms with Crippen molar-refractivity contribution < 1.29 is 19.0 Å². The van der Waals surface area contributed by atoms with E-state index >= 15 is 0 Å². The fourth-order valence-electron chi connectivity index (χ4n) is 2.12. The molecule has 2 unspecified atom stereocenters. The van der Waals surface area contributed by atoms with Crippen molar-refractivity contribution in [3.05, 3.63) is 24.2 Å². The van der Waals surface area contributed by atoms with Gasteiger partial charge in [0, 0.05) is 13.2 Å². The Morgan fingerprint density at radius 3 is 3.16 bits per heavy atom. The minimum Gasteiger partial charge on any atom is -0.468 e. The third-order valence-electron chi connectivity index (χ3n) is 3.27. The molecule has 3 atom stereocenters. The Morgan fingerprint density at radius 1 is 1.58 bits per heavy atom. The molecule has 1 aromatic rings. The number of ether oxygens (including phenoxy) is 2. The Balaban J connectivity index is 1.55. The van der Waals surface area contributed by atoms with Crippen molar-refractivity contribution in [1.82, 2.24) is 5.32 Å². The summed E-state index contributed by atoms with van der Waals surface area (Å²) in [7, 11) is 0. The lowest BCUT2D eigenvalue weighted by Crippen LogP contribution is -2.32. The first-order valence-corrected chi connectivity index (χ1v) is 6.90. The molecule has 108 valence electrons. The zero-order valence-corrected chi connectivity index (χ0v) is 11.4. The van der Waals surface area contributed by atoms with Crippen molar-refractivity contribution in [3.8, 4) is 0 Å². The van der Waals surface area contributed by atoms with Crippen LogP contribution in [0.4, 0.5) is 0 Å². The van der Waals surface area contributed by atoms with Gasteiger partial charge in [-0.3, -0.25) is 0 Å². The van der Waals surface area contributed by atoms with Gasteiger partial charge in [-0.15, -0.1) is 0 Å². The van der Waals surface area contributed by atoms with Crippen LogP contribution in [0.15, 0.2) is 22.8 Å². The average molecular weight is 269 g/mol. The van der Waals surface area contributed by atoms with Crippen LogP contribution >= 0.6 is 0 Å². The van der Waals surface area contributed by atoms with Gasteiger partial charge >= 0.3 is 0 Å². The van der Waals surface area contributed by atoms with E-state index in [1.165, 1.54) is 0 Å². The van der Waals surface area contributed by atoms with Gasteiger partial charge in [0.2, 0.25) is 0 Å². The van der Waals surface area contributed by atoms with E-state index in [2.05, 4.69) is 5.32 Å². The maximum absolute atomic E-state index is 9.81. The largest absolute Gasteiger partial charge is 0.468 e. The maximum Gasteiger partial charge on any atom is 0.120 e. The van der Waals surface area contributed by atoms with E-state index in [0.29, 0.717) is 19.8 Å². The van der Waals surface area contributed by atoms with Crippen LogP contribution in [-0.2, 0) is 9.47 Å². The molecule has 2 rings (SSSR count). The van der Waals surface area contributed by atoms with Crippen molar-refractivity contribution in [1.29, 1.82) is 0 Å². The molecule has 0 aromatic carbocycles. The zero-order valence-electron chi connectivity index (χ0n) is 11.4. The first-order chi connectivity index (χ1) is 9.25. The molecule has 5 nitrogen and oxygen atoms in total. The molecule has 1 fully saturated rings. The van der Waals surface area contributed by atoms with Gasteiger partial charge in [0.25, 0.3) is 0 Å². The Bertz CT molecular complexity index is 335. The van der Waals surface area contributed by atoms with Gasteiger partial charge in [-0.05, 0) is 31.9 Å². The summed E-state index contributed by atoms with van der Waals surface area (Å²) in [5.41, 5.74) is 0. The average Bonchev–Trinajstić information content (AvgIpc) is 3.08. The number of nitrogens with one attached hydrogen (secondary N) is 1. The van der Waals surface area contributed by atoms with Gasteiger partial charge in [-0.25, -0.2) is 0 Å². The Morgan fingerprint density at radius 2 is 2.47 bits per heavy atom. The summed E-state index contributed by atoms with van der Waals surface area (Å²) in [6.07, 6.45) is 3.51. The quantitative estimate of drug-likeness (QED) is 0.748. The highest BCUT2D eigenvalue weighted by molar-refractivity contribution is 5.02. The molecule has 0 radical (unpaired) electrons. The molecule has 0 saturated carbocycles. The lowest BCUT2D eigenvalue weighted by molar-refractivity contribution is -0.0169. The summed E-state index contributed by atoms with van der Waals surface area (Å²) in [4.78, 5) is 0. The number of hydrogen-bond acceptors (Lipinski definition) is 5. The first kappa shape index (κ1) is 14.5. The van der Waals surface area contributed by atoms with Gasteiger partial charge in [0.05, 0.1) is 37.7 Å². The Kier molecular flexibility index (Phi) is 5.85. The minimum absolute atomic E-state index is 0.0859. The van der Waals surface area contributed by atoms with Crippen molar-refractivity contribution in [2.75, 3.05) is 26.4 Å². The summed E-state index contributed by atoms with van der Waals surface area (Å²) < 4.78 is 16.2. The summed E-state index contributed by atoms with van der Waals surface area (Å²) in [5, 5.41) is 13.0. The Labute approximate surface area is 113 Å². The van der Waals surface area contributed by atoms with Crippen molar-refractivity contribution in [2.24, 2.45) is 0 Å². The number of hydrogen-bond donors (Lipinski definition) is 2. The highest BCUT2D eigenvalue weighted by Crippen LogP contribution is 2.13. The van der Waals surface area contributed by atoms with E-state index in [9.17, 15) is 5.11 Å². The predicted molar refractivity (Wildman–Crippen MR) is 70.9 cm³/mol. The van der Waals surface area contributed by atoms with Gasteiger partial charge in [0.15, 0.2) is 0 Å². The molecule has 0 bridgehead atoms. The SMILES string of the molecule is C[C@H](NCC(O)COCC1CCCO1)c1ccco1. The lowest BCUT2D eigenvalue weighted by atomic mass is 10.2. The van der Waals surface area contributed by atoms with Crippen LogP contribution in [-0.4, -0.2) is 43.7 Å². The molecule has 2 heterocycles. The molecule has 0 amide bonds. The second kappa shape index (κ2) is 7.65. The van der Waals surface area contributed by atoms with Crippen LogP contribution < -0.4 is 5.32 Å². The maximum atomic E-state index is 9.81. The highest BCUT2D eigenvalue weighted by atomic mass is 16.5. The summed E-state index contributed by atoms with van der Waals surface area (Å²) >= 11 is 0. The molecular weight excluding hydrogens is 246 g/mol. The van der Waals surface area contributed by atoms with Crippen LogP contribution in [0.25, 0.3) is 0 Å². The lowest BCUT2D eigenvalue weighted by Gasteiger charge is -2.17. The molecule has 1 saturated heterocycles. The summed E-state index contributed by atoms with van der Waals surface area (Å²) in [5.74, 6) is 0.868. The van der Waals surface area contributed by atoms with Crippen LogP contribution in [0.2, 0.25) is 0 Å². The monoisotopic (exact) mass is 269 g/mol. The van der Waals surface area contributed by atoms with Crippen LogP contribution in [0.5, 0.6) is 0 Å². The molecule has 0 spiro atoms. The standard InChI is InChI=1S/C14H23NO4/c1-11(14-5-3-7-19-14)15-8-12(16)9-17-10-13-4-2-6-18-13/h3,5,7,11-13,15-16H,2,4,6,8-10H2,1H3/t11-,12?,13?/m0/s1. The molecule has 1 aromatic heterocycles. The van der Waals surface area contributed by atoms with E-state index in [-0.39, 0.29) is 12.1 Å². The molecular formula is C14H23NO4. The second-order valence-electron chi connectivity index (χ2n) is 4.97. The smallest absolute Gasteiger partial charge is 0.120 e. The molecule has 5 heteroatoms. The zero-order chi connectivity index (χ0) is 13.5. The Hall–Kier alpha value is -0.880. The fraction of sp³-hybridized carbons (Fsp3) is 0.714. The number of aliphatic hydroxyl groups is 1. The minimum atomic E-state index is -0.515. The van der Waals surface area contributed by atoms with Crippen molar-refractivity contribution in [2.45, 2.75) is 38.0 Å². The topological polar surface area (TPSA) is 63.9 Å². The molecule has 1 aliphatic heterocycles. The molecule has 0 aliphatic carbocycles. The van der Waals surface area contributed by atoms with Crippen LogP contribution in [0.1, 0.15) is 31.6 Å². The van der Waals surface area contributed by atoms with Gasteiger partial charge < -0.3 is 24.3 Å². The van der Waals surface area contributed by atoms with Gasteiger partial charge in [0.1, 0.15) is 5.76 Å². The third kappa shape index (κ3) is 4.95. The van der Waals surface area contributed by atoms with E-state index in [1.807, 2.05) is 19.1 Å². The van der Waals surface area contributed by atoms with Gasteiger partial charge in [-0.2, -0.15) is 0 Å². The first-order valence-electron chi connectivity index (χ1n) is 6.90. The van der Waals surface area contributed by atoms with Crippen molar-refractivity contribution >= 4 is 0 Å². The third-order valence-corrected chi connectivity index (χ3v) is 3.27. The number of rotatable bonds is 8. The fourth-order valence-corrected chi connectivity index (χ4v) is 2.12. The van der Waals surface area contributed by atoms with Crippen LogP contribution in [0.3, 0.4) is 0 Å². The second-order valence-corrected chi connectivity index (χ2v) is 4.97. The van der Waals surface area contributed by atoms with Crippen LogP contribution in [0, 0.1) is 0 Å². The molecule has 19 heavy (non-hydrogen) atoms.